The number of nitro groups is 1. The normalized spacial score (nSPS) is 18.6. The minimum Gasteiger partial charge on any atom is -0.469 e. The average Bonchev–Trinajstić information content (AvgIpc) is 2.46. The summed E-state index contributed by atoms with van der Waals surface area (Å²) in [4.78, 5) is 27.6. The molecular formula is C12H16N4O4. The van der Waals surface area contributed by atoms with E-state index < -0.39 is 4.92 Å². The fourth-order valence-corrected chi connectivity index (χ4v) is 2.33. The molecule has 1 aliphatic heterocycles. The second kappa shape index (κ2) is 5.72. The number of ether oxygens (including phenoxy) is 1. The highest BCUT2D eigenvalue weighted by Gasteiger charge is 2.27. The van der Waals surface area contributed by atoms with Crippen LogP contribution in [0.5, 0.6) is 0 Å². The molecule has 0 bridgehead atoms. The molecule has 1 unspecified atom stereocenters. The molecule has 0 radical (unpaired) electrons. The zero-order valence-corrected chi connectivity index (χ0v) is 11.1. The third-order valence-electron chi connectivity index (χ3n) is 3.36. The van der Waals surface area contributed by atoms with Crippen LogP contribution in [-0.2, 0) is 9.53 Å². The lowest BCUT2D eigenvalue weighted by Crippen LogP contribution is -2.39. The first-order valence-electron chi connectivity index (χ1n) is 6.26. The Bertz CT molecular complexity index is 534. The predicted octanol–water partition coefficient (Wildman–Crippen LogP) is 0.961. The van der Waals surface area contributed by atoms with Crippen molar-refractivity contribution < 1.29 is 14.5 Å². The van der Waals surface area contributed by atoms with Crippen LogP contribution in [0.25, 0.3) is 0 Å². The summed E-state index contributed by atoms with van der Waals surface area (Å²) in [6.45, 7) is 1.22. The molecule has 108 valence electrons. The highest BCUT2D eigenvalue weighted by molar-refractivity contribution is 5.73. The van der Waals surface area contributed by atoms with Crippen LogP contribution >= 0.6 is 0 Å². The van der Waals surface area contributed by atoms with Gasteiger partial charge in [0, 0.05) is 19.2 Å². The smallest absolute Gasteiger partial charge is 0.311 e. The summed E-state index contributed by atoms with van der Waals surface area (Å²) in [6.07, 6.45) is 1.60. The van der Waals surface area contributed by atoms with Gasteiger partial charge in [-0.05, 0) is 18.9 Å². The Kier molecular flexibility index (Phi) is 4.02. The van der Waals surface area contributed by atoms with Gasteiger partial charge in [-0.15, -0.1) is 0 Å². The Balaban J connectivity index is 2.17. The van der Waals surface area contributed by atoms with Gasteiger partial charge in [-0.3, -0.25) is 14.9 Å². The number of hydrogen-bond donors (Lipinski definition) is 1. The molecule has 8 heteroatoms. The standard InChI is InChI=1S/C12H16N4O4/c1-20-12(17)8-3-2-6-15(7-8)10-5-4-9(16(18)19)11(13)14-10/h4-5,8H,2-3,6-7H2,1H3,(H2,13,14). The second-order valence-corrected chi connectivity index (χ2v) is 4.64. The highest BCUT2D eigenvalue weighted by atomic mass is 16.6. The lowest BCUT2D eigenvalue weighted by Gasteiger charge is -2.32. The third-order valence-corrected chi connectivity index (χ3v) is 3.36. The lowest BCUT2D eigenvalue weighted by molar-refractivity contribution is -0.384. The van der Waals surface area contributed by atoms with Gasteiger partial charge in [-0.1, -0.05) is 0 Å². The number of nitrogens with two attached hydrogens (primary N) is 1. The van der Waals surface area contributed by atoms with Gasteiger partial charge >= 0.3 is 11.7 Å². The number of aromatic nitrogens is 1. The molecule has 1 aliphatic rings. The minimum absolute atomic E-state index is 0.118. The van der Waals surface area contributed by atoms with Crippen LogP contribution in [0.15, 0.2) is 12.1 Å². The first-order valence-corrected chi connectivity index (χ1v) is 6.26. The summed E-state index contributed by atoms with van der Waals surface area (Å²) >= 11 is 0. The zero-order valence-electron chi connectivity index (χ0n) is 11.1. The molecule has 2 N–H and O–H groups in total. The number of rotatable bonds is 3. The largest absolute Gasteiger partial charge is 0.469 e. The van der Waals surface area contributed by atoms with Crippen LogP contribution in [0.2, 0.25) is 0 Å². The molecule has 0 aliphatic carbocycles. The molecule has 1 aromatic heterocycles. The van der Waals surface area contributed by atoms with Gasteiger partial charge in [-0.2, -0.15) is 0 Å². The Morgan fingerprint density at radius 2 is 2.35 bits per heavy atom. The number of carbonyl (C=O) groups excluding carboxylic acids is 1. The van der Waals surface area contributed by atoms with E-state index in [0.717, 1.165) is 19.4 Å². The van der Waals surface area contributed by atoms with Crippen molar-refractivity contribution in [3.63, 3.8) is 0 Å². The molecule has 20 heavy (non-hydrogen) atoms. The van der Waals surface area contributed by atoms with E-state index in [4.69, 9.17) is 10.5 Å². The molecule has 0 amide bonds. The number of hydrogen-bond acceptors (Lipinski definition) is 7. The van der Waals surface area contributed by atoms with Gasteiger partial charge in [0.2, 0.25) is 5.82 Å². The molecule has 1 saturated heterocycles. The summed E-state index contributed by atoms with van der Waals surface area (Å²) < 4.78 is 4.75. The maximum Gasteiger partial charge on any atom is 0.311 e. The van der Waals surface area contributed by atoms with Crippen LogP contribution in [0.1, 0.15) is 12.8 Å². The van der Waals surface area contributed by atoms with Crippen LogP contribution in [0.3, 0.4) is 0 Å². The lowest BCUT2D eigenvalue weighted by atomic mass is 9.98. The van der Waals surface area contributed by atoms with Crippen LogP contribution in [0.4, 0.5) is 17.3 Å². The van der Waals surface area contributed by atoms with Gasteiger partial charge in [0.05, 0.1) is 18.0 Å². The van der Waals surface area contributed by atoms with Crippen LogP contribution in [-0.4, -0.2) is 36.1 Å². The van der Waals surface area contributed by atoms with E-state index in [2.05, 4.69) is 4.98 Å². The first-order chi connectivity index (χ1) is 9.52. The number of nitrogen functional groups attached to an aromatic ring is 1. The number of methoxy groups -OCH3 is 1. The molecule has 0 aromatic carbocycles. The molecule has 0 spiro atoms. The van der Waals surface area contributed by atoms with Crippen molar-refractivity contribution in [1.29, 1.82) is 0 Å². The van der Waals surface area contributed by atoms with Crippen molar-refractivity contribution in [3.05, 3.63) is 22.2 Å². The summed E-state index contributed by atoms with van der Waals surface area (Å²) in [7, 11) is 1.36. The van der Waals surface area contributed by atoms with Crippen molar-refractivity contribution in [2.24, 2.45) is 5.92 Å². The molecule has 8 nitrogen and oxygen atoms in total. The quantitative estimate of drug-likeness (QED) is 0.498. The number of nitrogens with zero attached hydrogens (tertiary/aromatic N) is 3. The molecular weight excluding hydrogens is 264 g/mol. The number of piperidine rings is 1. The van der Waals surface area contributed by atoms with E-state index in [1.54, 1.807) is 6.07 Å². The maximum absolute atomic E-state index is 11.6. The molecule has 1 fully saturated rings. The maximum atomic E-state index is 11.6. The summed E-state index contributed by atoms with van der Waals surface area (Å²) in [5, 5.41) is 10.7. The number of carbonyl (C=O) groups is 1. The first kappa shape index (κ1) is 14.0. The summed E-state index contributed by atoms with van der Waals surface area (Å²) in [6, 6.07) is 2.88. The van der Waals surface area contributed by atoms with Crippen molar-refractivity contribution in [1.82, 2.24) is 4.98 Å². The van der Waals surface area contributed by atoms with Gasteiger partial charge in [-0.25, -0.2) is 4.98 Å². The monoisotopic (exact) mass is 280 g/mol. The van der Waals surface area contributed by atoms with E-state index in [-0.39, 0.29) is 23.4 Å². The fourth-order valence-electron chi connectivity index (χ4n) is 2.33. The molecule has 1 aromatic rings. The fraction of sp³-hybridized carbons (Fsp3) is 0.500. The molecule has 2 rings (SSSR count). The van der Waals surface area contributed by atoms with Crippen molar-refractivity contribution in [2.45, 2.75) is 12.8 Å². The van der Waals surface area contributed by atoms with Crippen LogP contribution in [0, 0.1) is 16.0 Å². The van der Waals surface area contributed by atoms with Gasteiger partial charge in [0.1, 0.15) is 5.82 Å². The average molecular weight is 280 g/mol. The van der Waals surface area contributed by atoms with Gasteiger partial charge in [0.25, 0.3) is 0 Å². The Labute approximate surface area is 115 Å². The predicted molar refractivity (Wildman–Crippen MR) is 72.3 cm³/mol. The third kappa shape index (κ3) is 2.79. The SMILES string of the molecule is COC(=O)C1CCCN(c2ccc([N+](=O)[O-])c(N)n2)C1. The van der Waals surface area contributed by atoms with Crippen molar-refractivity contribution in [3.8, 4) is 0 Å². The van der Waals surface area contributed by atoms with E-state index >= 15 is 0 Å². The number of pyridine rings is 1. The molecule has 2 heterocycles. The van der Waals surface area contributed by atoms with Crippen molar-refractivity contribution >= 4 is 23.3 Å². The van der Waals surface area contributed by atoms with E-state index in [0.29, 0.717) is 12.4 Å². The summed E-state index contributed by atoms with van der Waals surface area (Å²) in [5.74, 6) is -0.0223. The number of esters is 1. The van der Waals surface area contributed by atoms with Gasteiger partial charge in [0.15, 0.2) is 0 Å². The van der Waals surface area contributed by atoms with E-state index in [1.165, 1.54) is 13.2 Å². The highest BCUT2D eigenvalue weighted by Crippen LogP contribution is 2.26. The Hall–Kier alpha value is -2.38. The summed E-state index contributed by atoms with van der Waals surface area (Å²) in [5.41, 5.74) is 5.37. The minimum atomic E-state index is -0.570. The Morgan fingerprint density at radius 1 is 1.60 bits per heavy atom. The topological polar surface area (TPSA) is 112 Å². The Morgan fingerprint density at radius 3 is 2.95 bits per heavy atom. The van der Waals surface area contributed by atoms with Crippen molar-refractivity contribution in [2.75, 3.05) is 30.8 Å². The number of anilines is 2. The zero-order chi connectivity index (χ0) is 14.7. The van der Waals surface area contributed by atoms with Gasteiger partial charge < -0.3 is 15.4 Å². The van der Waals surface area contributed by atoms with E-state index in [9.17, 15) is 14.9 Å². The van der Waals surface area contributed by atoms with E-state index in [1.807, 2.05) is 4.90 Å². The van der Waals surface area contributed by atoms with Crippen LogP contribution < -0.4 is 10.6 Å². The molecule has 1 atom stereocenters. The molecule has 0 saturated carbocycles. The second-order valence-electron chi connectivity index (χ2n) is 4.64.